The number of para-hydroxylation sites is 1. The number of ether oxygens (including phenoxy) is 1. The van der Waals surface area contributed by atoms with Gasteiger partial charge in [0.25, 0.3) is 0 Å². The number of nitrogens with zero attached hydrogens (tertiary/aromatic N) is 1. The molecule has 1 saturated carbocycles. The zero-order chi connectivity index (χ0) is 16.7. The zero-order valence-electron chi connectivity index (χ0n) is 13.0. The Balaban J connectivity index is 1.87. The van der Waals surface area contributed by atoms with Crippen LogP contribution in [-0.4, -0.2) is 36.3 Å². The van der Waals surface area contributed by atoms with Crippen LogP contribution in [0.5, 0.6) is 11.5 Å². The molecule has 2 amide bonds. The van der Waals surface area contributed by atoms with Gasteiger partial charge in [0.2, 0.25) is 0 Å². The van der Waals surface area contributed by atoms with Gasteiger partial charge < -0.3 is 15.2 Å². The molecule has 0 heterocycles. The summed E-state index contributed by atoms with van der Waals surface area (Å²) in [7, 11) is 1.44. The number of carbonyl (C=O) groups is 2. The first-order valence-electron chi connectivity index (χ1n) is 7.61. The molecule has 7 heteroatoms. The fraction of sp³-hybridized carbons (Fsp3) is 0.438. The van der Waals surface area contributed by atoms with Crippen LogP contribution in [0.25, 0.3) is 0 Å². The van der Waals surface area contributed by atoms with Gasteiger partial charge >= 0.3 is 11.8 Å². The van der Waals surface area contributed by atoms with Gasteiger partial charge in [-0.25, -0.2) is 5.43 Å². The molecule has 0 unspecified atom stereocenters. The van der Waals surface area contributed by atoms with E-state index in [4.69, 9.17) is 4.74 Å². The fourth-order valence-electron chi connectivity index (χ4n) is 2.52. The number of hydrazone groups is 1. The number of hydrogen-bond donors (Lipinski definition) is 3. The predicted molar refractivity (Wildman–Crippen MR) is 85.4 cm³/mol. The number of rotatable bonds is 4. The van der Waals surface area contributed by atoms with E-state index in [2.05, 4.69) is 15.8 Å². The molecule has 1 aromatic carbocycles. The lowest BCUT2D eigenvalue weighted by Crippen LogP contribution is -2.44. The maximum atomic E-state index is 11.8. The van der Waals surface area contributed by atoms with E-state index in [9.17, 15) is 14.7 Å². The Hall–Kier alpha value is -2.57. The first-order valence-corrected chi connectivity index (χ1v) is 7.61. The van der Waals surface area contributed by atoms with Crippen LogP contribution >= 0.6 is 0 Å². The summed E-state index contributed by atoms with van der Waals surface area (Å²) < 4.78 is 4.97. The van der Waals surface area contributed by atoms with Crippen LogP contribution in [0.15, 0.2) is 23.3 Å². The second-order valence-electron chi connectivity index (χ2n) is 5.41. The summed E-state index contributed by atoms with van der Waals surface area (Å²) >= 11 is 0. The molecule has 1 fully saturated rings. The lowest BCUT2D eigenvalue weighted by Gasteiger charge is -2.22. The van der Waals surface area contributed by atoms with Crippen LogP contribution in [0.4, 0.5) is 0 Å². The first-order chi connectivity index (χ1) is 11.1. The zero-order valence-corrected chi connectivity index (χ0v) is 13.0. The van der Waals surface area contributed by atoms with Crippen molar-refractivity contribution in [2.45, 2.75) is 38.1 Å². The predicted octanol–water partition coefficient (Wildman–Crippen LogP) is 1.30. The van der Waals surface area contributed by atoms with Crippen molar-refractivity contribution in [2.75, 3.05) is 7.11 Å². The Morgan fingerprint density at radius 3 is 2.70 bits per heavy atom. The monoisotopic (exact) mass is 319 g/mol. The highest BCUT2D eigenvalue weighted by molar-refractivity contribution is 6.35. The number of nitrogens with one attached hydrogen (secondary N) is 2. The molecule has 2 rings (SSSR count). The van der Waals surface area contributed by atoms with Gasteiger partial charge in [-0.2, -0.15) is 5.10 Å². The van der Waals surface area contributed by atoms with Crippen molar-refractivity contribution in [1.82, 2.24) is 10.7 Å². The molecule has 0 aliphatic heterocycles. The van der Waals surface area contributed by atoms with Gasteiger partial charge in [-0.05, 0) is 25.0 Å². The van der Waals surface area contributed by atoms with Gasteiger partial charge in [0, 0.05) is 11.6 Å². The number of phenols is 1. The molecule has 0 saturated heterocycles. The molecule has 1 aromatic rings. The van der Waals surface area contributed by atoms with Crippen LogP contribution in [0, 0.1) is 0 Å². The summed E-state index contributed by atoms with van der Waals surface area (Å²) in [6, 6.07) is 4.95. The molecule has 0 radical (unpaired) electrons. The van der Waals surface area contributed by atoms with Crippen LogP contribution in [0.2, 0.25) is 0 Å². The molecule has 0 bridgehead atoms. The number of phenolic OH excluding ortho intramolecular Hbond substituents is 1. The second-order valence-corrected chi connectivity index (χ2v) is 5.41. The van der Waals surface area contributed by atoms with E-state index < -0.39 is 11.8 Å². The molecule has 3 N–H and O–H groups in total. The fourth-order valence-corrected chi connectivity index (χ4v) is 2.52. The van der Waals surface area contributed by atoms with Crippen LogP contribution in [0.1, 0.15) is 37.7 Å². The van der Waals surface area contributed by atoms with Crippen molar-refractivity contribution in [3.05, 3.63) is 23.8 Å². The quantitative estimate of drug-likeness (QED) is 0.442. The highest BCUT2D eigenvalue weighted by Gasteiger charge is 2.19. The van der Waals surface area contributed by atoms with E-state index in [1.54, 1.807) is 18.2 Å². The average Bonchev–Trinajstić information content (AvgIpc) is 2.57. The number of hydrogen-bond acceptors (Lipinski definition) is 5. The molecule has 0 spiro atoms. The molecule has 0 atom stereocenters. The van der Waals surface area contributed by atoms with Crippen LogP contribution in [-0.2, 0) is 9.59 Å². The third kappa shape index (κ3) is 4.70. The summed E-state index contributed by atoms with van der Waals surface area (Å²) in [6.07, 6.45) is 6.37. The van der Waals surface area contributed by atoms with Gasteiger partial charge in [-0.3, -0.25) is 9.59 Å². The van der Waals surface area contributed by atoms with Crippen molar-refractivity contribution in [3.8, 4) is 11.5 Å². The van der Waals surface area contributed by atoms with E-state index >= 15 is 0 Å². The Kier molecular flexibility index (Phi) is 5.96. The van der Waals surface area contributed by atoms with Crippen LogP contribution < -0.4 is 15.5 Å². The van der Waals surface area contributed by atoms with Gasteiger partial charge in [0.15, 0.2) is 11.5 Å². The van der Waals surface area contributed by atoms with E-state index in [1.807, 2.05) is 0 Å². The van der Waals surface area contributed by atoms with Gasteiger partial charge in [0.05, 0.1) is 13.3 Å². The molecule has 0 aromatic heterocycles. The Labute approximate surface area is 134 Å². The van der Waals surface area contributed by atoms with Crippen LogP contribution in [0.3, 0.4) is 0 Å². The second kappa shape index (κ2) is 8.17. The number of methoxy groups -OCH3 is 1. The largest absolute Gasteiger partial charge is 0.504 e. The number of amides is 2. The highest BCUT2D eigenvalue weighted by Crippen LogP contribution is 2.27. The SMILES string of the molecule is COc1cccc(C=NNC(=O)C(=O)NC2CCCCC2)c1O. The normalized spacial score (nSPS) is 15.3. The van der Waals surface area contributed by atoms with E-state index in [-0.39, 0.29) is 11.8 Å². The van der Waals surface area contributed by atoms with Crippen molar-refractivity contribution in [1.29, 1.82) is 0 Å². The molecular weight excluding hydrogens is 298 g/mol. The minimum atomic E-state index is -0.825. The van der Waals surface area contributed by atoms with Crippen molar-refractivity contribution in [3.63, 3.8) is 0 Å². The number of benzene rings is 1. The highest BCUT2D eigenvalue weighted by atomic mass is 16.5. The summed E-state index contributed by atoms with van der Waals surface area (Å²) in [4.78, 5) is 23.4. The topological polar surface area (TPSA) is 100 Å². The van der Waals surface area contributed by atoms with Gasteiger partial charge in [0.1, 0.15) is 0 Å². The molecule has 1 aliphatic rings. The lowest BCUT2D eigenvalue weighted by atomic mass is 9.95. The van der Waals surface area contributed by atoms with E-state index in [0.29, 0.717) is 11.3 Å². The summed E-state index contributed by atoms with van der Waals surface area (Å²) in [6.45, 7) is 0. The summed E-state index contributed by atoms with van der Waals surface area (Å²) in [5, 5.41) is 16.3. The lowest BCUT2D eigenvalue weighted by molar-refractivity contribution is -0.139. The van der Waals surface area contributed by atoms with Crippen molar-refractivity contribution >= 4 is 18.0 Å². The summed E-state index contributed by atoms with van der Waals surface area (Å²) in [5.74, 6) is -1.30. The Morgan fingerprint density at radius 1 is 1.26 bits per heavy atom. The third-order valence-corrected chi connectivity index (χ3v) is 3.77. The molecule has 7 nitrogen and oxygen atoms in total. The van der Waals surface area contributed by atoms with Gasteiger partial charge in [-0.1, -0.05) is 25.3 Å². The molecule has 23 heavy (non-hydrogen) atoms. The standard InChI is InChI=1S/C16H21N3O4/c1-23-13-9-5-6-11(14(13)20)10-17-19-16(22)15(21)18-12-7-3-2-4-8-12/h5-6,9-10,12,20H,2-4,7-8H2,1H3,(H,18,21)(H,19,22). The molecular formula is C16H21N3O4. The number of carbonyl (C=O) groups excluding carboxylic acids is 2. The molecule has 124 valence electrons. The minimum Gasteiger partial charge on any atom is -0.504 e. The van der Waals surface area contributed by atoms with E-state index in [0.717, 1.165) is 25.7 Å². The smallest absolute Gasteiger partial charge is 0.329 e. The Bertz CT molecular complexity index is 595. The third-order valence-electron chi connectivity index (χ3n) is 3.77. The maximum absolute atomic E-state index is 11.8. The van der Waals surface area contributed by atoms with E-state index in [1.165, 1.54) is 19.7 Å². The Morgan fingerprint density at radius 2 is 2.00 bits per heavy atom. The maximum Gasteiger partial charge on any atom is 0.329 e. The van der Waals surface area contributed by atoms with Gasteiger partial charge in [-0.15, -0.1) is 0 Å². The first kappa shape index (κ1) is 16.8. The van der Waals surface area contributed by atoms with Crippen molar-refractivity contribution < 1.29 is 19.4 Å². The van der Waals surface area contributed by atoms with Crippen molar-refractivity contribution in [2.24, 2.45) is 5.10 Å². The summed E-state index contributed by atoms with van der Waals surface area (Å²) in [5.41, 5.74) is 2.52. The number of aromatic hydroxyl groups is 1. The molecule has 1 aliphatic carbocycles. The average molecular weight is 319 g/mol. The minimum absolute atomic E-state index is 0.0633.